The molecule has 2 aliphatic rings. The van der Waals surface area contributed by atoms with Crippen molar-refractivity contribution in [3.63, 3.8) is 0 Å². The number of hydrogen-bond donors (Lipinski definition) is 1. The van der Waals surface area contributed by atoms with Crippen molar-refractivity contribution in [3.05, 3.63) is 58.2 Å². The Morgan fingerprint density at radius 2 is 1.90 bits per heavy atom. The minimum absolute atomic E-state index is 0.0637. The number of amides is 3. The van der Waals surface area contributed by atoms with Crippen LogP contribution in [0.25, 0.3) is 0 Å². The van der Waals surface area contributed by atoms with Gasteiger partial charge in [0.1, 0.15) is 22.9 Å². The van der Waals surface area contributed by atoms with E-state index in [0.29, 0.717) is 24.9 Å². The third-order valence-electron chi connectivity index (χ3n) is 5.05. The fourth-order valence-electron chi connectivity index (χ4n) is 3.63. The Bertz CT molecular complexity index is 1050. The number of hydrazone groups is 1. The molecule has 2 aromatic rings. The molecule has 0 spiro atoms. The van der Waals surface area contributed by atoms with E-state index in [2.05, 4.69) is 10.1 Å². The lowest BCUT2D eigenvalue weighted by Gasteiger charge is -2.27. The highest BCUT2D eigenvalue weighted by Crippen LogP contribution is 2.31. The third-order valence-corrected chi connectivity index (χ3v) is 5.25. The highest BCUT2D eigenvalue weighted by molar-refractivity contribution is 6.29. The Kier molecular flexibility index (Phi) is 5.73. The van der Waals surface area contributed by atoms with E-state index < -0.39 is 29.6 Å². The van der Waals surface area contributed by atoms with Crippen LogP contribution in [0.3, 0.4) is 0 Å². The SMILES string of the molecule is NC(=O)c1cc(Cl)nc(OC2CCN(C(=O)N3N=CCC3c3cc(F)cc(F)c3)C2)c1. The number of likely N-dealkylation sites (tertiary alicyclic amines) is 1. The average Bonchev–Trinajstić information content (AvgIpc) is 3.36. The van der Waals surface area contributed by atoms with Gasteiger partial charge in [0.15, 0.2) is 0 Å². The first-order valence-corrected chi connectivity index (χ1v) is 9.88. The molecule has 3 heterocycles. The predicted molar refractivity (Wildman–Crippen MR) is 108 cm³/mol. The predicted octanol–water partition coefficient (Wildman–Crippen LogP) is 3.12. The molecule has 0 saturated carbocycles. The fraction of sp³-hybridized carbons (Fsp3) is 0.300. The summed E-state index contributed by atoms with van der Waals surface area (Å²) in [4.78, 5) is 29.9. The molecule has 4 rings (SSSR count). The summed E-state index contributed by atoms with van der Waals surface area (Å²) in [7, 11) is 0. The van der Waals surface area contributed by atoms with Crippen LogP contribution in [-0.2, 0) is 0 Å². The molecular weight excluding hydrogens is 432 g/mol. The Hall–Kier alpha value is -3.27. The van der Waals surface area contributed by atoms with Crippen LogP contribution in [0.1, 0.15) is 34.8 Å². The number of carbonyl (C=O) groups excluding carboxylic acids is 2. The molecule has 1 aromatic heterocycles. The lowest BCUT2D eigenvalue weighted by atomic mass is 10.0. The topological polar surface area (TPSA) is 101 Å². The summed E-state index contributed by atoms with van der Waals surface area (Å²) in [5.74, 6) is -1.96. The normalized spacial score (nSPS) is 20.4. The Morgan fingerprint density at radius 1 is 1.16 bits per heavy atom. The molecule has 3 amide bonds. The van der Waals surface area contributed by atoms with Gasteiger partial charge in [0.25, 0.3) is 0 Å². The summed E-state index contributed by atoms with van der Waals surface area (Å²) in [6.07, 6.45) is 2.02. The zero-order valence-corrected chi connectivity index (χ0v) is 16.9. The van der Waals surface area contributed by atoms with Crippen LogP contribution in [0.15, 0.2) is 35.4 Å². The molecule has 11 heteroatoms. The number of pyridine rings is 1. The van der Waals surface area contributed by atoms with Crippen LogP contribution in [0.2, 0.25) is 5.15 Å². The molecule has 162 valence electrons. The Balaban J connectivity index is 1.43. The molecule has 8 nitrogen and oxygen atoms in total. The van der Waals surface area contributed by atoms with Gasteiger partial charge in [0, 0.05) is 43.3 Å². The van der Waals surface area contributed by atoms with Gasteiger partial charge < -0.3 is 15.4 Å². The molecule has 0 bridgehead atoms. The van der Waals surface area contributed by atoms with Crippen molar-refractivity contribution in [2.75, 3.05) is 13.1 Å². The summed E-state index contributed by atoms with van der Waals surface area (Å²) >= 11 is 5.90. The van der Waals surface area contributed by atoms with Crippen LogP contribution in [0.5, 0.6) is 5.88 Å². The second-order valence-electron chi connectivity index (χ2n) is 7.24. The number of halogens is 3. The van der Waals surface area contributed by atoms with Gasteiger partial charge in [-0.15, -0.1) is 0 Å². The first kappa shape index (κ1) is 21.0. The third kappa shape index (κ3) is 4.58. The maximum Gasteiger partial charge on any atom is 0.341 e. The van der Waals surface area contributed by atoms with Crippen molar-refractivity contribution in [3.8, 4) is 5.88 Å². The molecule has 2 unspecified atom stereocenters. The minimum atomic E-state index is -0.715. The zero-order valence-electron chi connectivity index (χ0n) is 16.2. The molecule has 2 atom stereocenters. The van der Waals surface area contributed by atoms with E-state index in [1.807, 2.05) is 0 Å². The maximum atomic E-state index is 13.6. The largest absolute Gasteiger partial charge is 0.472 e. The number of aromatic nitrogens is 1. The van der Waals surface area contributed by atoms with E-state index in [-0.39, 0.29) is 29.2 Å². The molecule has 31 heavy (non-hydrogen) atoms. The number of benzene rings is 1. The Labute approximate surface area is 181 Å². The van der Waals surface area contributed by atoms with Crippen LogP contribution in [-0.4, -0.2) is 52.2 Å². The molecule has 1 aromatic carbocycles. The second kappa shape index (κ2) is 8.46. The number of rotatable bonds is 4. The van der Waals surface area contributed by atoms with Crippen LogP contribution in [0.4, 0.5) is 13.6 Å². The van der Waals surface area contributed by atoms with Crippen LogP contribution >= 0.6 is 11.6 Å². The summed E-state index contributed by atoms with van der Waals surface area (Å²) in [6.45, 7) is 0.637. The minimum Gasteiger partial charge on any atom is -0.472 e. The summed E-state index contributed by atoms with van der Waals surface area (Å²) in [5, 5.41) is 5.38. The van der Waals surface area contributed by atoms with E-state index in [1.54, 1.807) is 0 Å². The summed E-state index contributed by atoms with van der Waals surface area (Å²) < 4.78 is 33.0. The summed E-state index contributed by atoms with van der Waals surface area (Å²) in [5.41, 5.74) is 5.77. The number of hydrogen-bond acceptors (Lipinski definition) is 5. The quantitative estimate of drug-likeness (QED) is 0.724. The van der Waals surface area contributed by atoms with Crippen LogP contribution in [0, 0.1) is 11.6 Å². The van der Waals surface area contributed by atoms with E-state index in [1.165, 1.54) is 40.4 Å². The van der Waals surface area contributed by atoms with Gasteiger partial charge in [-0.1, -0.05) is 11.6 Å². The molecule has 1 fully saturated rings. The number of nitrogens with two attached hydrogens (primary N) is 1. The highest BCUT2D eigenvalue weighted by atomic mass is 35.5. The van der Waals surface area contributed by atoms with Gasteiger partial charge in [-0.3, -0.25) is 4.79 Å². The van der Waals surface area contributed by atoms with Gasteiger partial charge in [-0.25, -0.2) is 23.6 Å². The average molecular weight is 450 g/mol. The highest BCUT2D eigenvalue weighted by Gasteiger charge is 2.36. The van der Waals surface area contributed by atoms with Crippen molar-refractivity contribution in [1.29, 1.82) is 0 Å². The lowest BCUT2D eigenvalue weighted by Crippen LogP contribution is -2.40. The number of nitrogens with zero attached hydrogens (tertiary/aromatic N) is 4. The molecule has 0 aliphatic carbocycles. The van der Waals surface area contributed by atoms with Crippen molar-refractivity contribution in [2.45, 2.75) is 25.0 Å². The summed E-state index contributed by atoms with van der Waals surface area (Å²) in [6, 6.07) is 4.90. The number of urea groups is 1. The van der Waals surface area contributed by atoms with Gasteiger partial charge in [0.05, 0.1) is 12.6 Å². The fourth-order valence-corrected chi connectivity index (χ4v) is 3.83. The first-order valence-electron chi connectivity index (χ1n) is 9.51. The first-order chi connectivity index (χ1) is 14.8. The molecule has 2 N–H and O–H groups in total. The van der Waals surface area contributed by atoms with Crippen LogP contribution < -0.4 is 10.5 Å². The number of primary amides is 1. The molecule has 1 saturated heterocycles. The van der Waals surface area contributed by atoms with Gasteiger partial charge in [-0.05, 0) is 23.8 Å². The van der Waals surface area contributed by atoms with Crippen molar-refractivity contribution < 1.29 is 23.1 Å². The van der Waals surface area contributed by atoms with Gasteiger partial charge in [-0.2, -0.15) is 5.10 Å². The Morgan fingerprint density at radius 3 is 2.61 bits per heavy atom. The zero-order chi connectivity index (χ0) is 22.1. The van der Waals surface area contributed by atoms with E-state index in [9.17, 15) is 18.4 Å². The van der Waals surface area contributed by atoms with Crippen molar-refractivity contribution >= 4 is 29.8 Å². The smallest absolute Gasteiger partial charge is 0.341 e. The van der Waals surface area contributed by atoms with Gasteiger partial charge >= 0.3 is 6.03 Å². The lowest BCUT2D eigenvalue weighted by molar-refractivity contribution is 0.0999. The van der Waals surface area contributed by atoms with Crippen molar-refractivity contribution in [2.24, 2.45) is 10.8 Å². The van der Waals surface area contributed by atoms with E-state index in [4.69, 9.17) is 22.1 Å². The standard InChI is InChI=1S/C20H18ClF2N5O3/c21-17-7-12(19(24)29)8-18(26-17)31-15-2-4-27(10-15)20(30)28-16(1-3-25-28)11-5-13(22)9-14(23)6-11/h3,5-9,15-16H,1-2,4,10H2,(H2,24,29). The van der Waals surface area contributed by atoms with E-state index in [0.717, 1.165) is 6.07 Å². The number of ether oxygens (including phenoxy) is 1. The second-order valence-corrected chi connectivity index (χ2v) is 7.62. The molecule has 2 aliphatic heterocycles. The van der Waals surface area contributed by atoms with Gasteiger partial charge in [0.2, 0.25) is 11.8 Å². The molecular formula is C20H18ClF2N5O3. The van der Waals surface area contributed by atoms with E-state index >= 15 is 0 Å². The maximum absolute atomic E-state index is 13.6. The van der Waals surface area contributed by atoms with Crippen molar-refractivity contribution in [1.82, 2.24) is 14.9 Å². The molecule has 0 radical (unpaired) electrons. The number of carbonyl (C=O) groups is 2. The monoisotopic (exact) mass is 449 g/mol.